The van der Waals surface area contributed by atoms with Gasteiger partial charge in [-0.1, -0.05) is 375 Å². The molecule has 0 spiro atoms. The fourth-order valence-corrected chi connectivity index (χ4v) is 17.6. The molecule has 0 saturated heterocycles. The van der Waals surface area contributed by atoms with Crippen molar-refractivity contribution < 1.29 is 0 Å². The van der Waals surface area contributed by atoms with Crippen molar-refractivity contribution in [3.05, 3.63) is 397 Å². The van der Waals surface area contributed by atoms with Crippen molar-refractivity contribution in [3.8, 4) is 135 Å². The van der Waals surface area contributed by atoms with Crippen molar-refractivity contribution in [2.24, 2.45) is 0 Å². The van der Waals surface area contributed by atoms with Crippen LogP contribution in [0.2, 0.25) is 0 Å². The van der Waals surface area contributed by atoms with Crippen LogP contribution in [0.5, 0.6) is 0 Å². The van der Waals surface area contributed by atoms with Gasteiger partial charge in [0.15, 0.2) is 17.5 Å². The van der Waals surface area contributed by atoms with Gasteiger partial charge in [0.05, 0.1) is 34.2 Å². The molecule has 3 aliphatic rings. The lowest BCUT2D eigenvalue weighted by molar-refractivity contribution is 0.666. The van der Waals surface area contributed by atoms with Crippen LogP contribution in [0.3, 0.4) is 0 Å². The summed E-state index contributed by atoms with van der Waals surface area (Å²) in [6, 6.07) is 128. The van der Waals surface area contributed by atoms with E-state index >= 15 is 0 Å². The molecule has 0 aliphatic heterocycles. The first-order chi connectivity index (χ1) is 54.3. The predicted octanol–water partition coefficient (Wildman–Crippen LogP) is 26.8. The molecule has 0 atom stereocenters. The Morgan fingerprint density at radius 2 is 0.477 bits per heavy atom. The van der Waals surface area contributed by atoms with Crippen LogP contribution in [0.4, 0.5) is 0 Å². The van der Waals surface area contributed by atoms with E-state index in [9.17, 15) is 0 Å². The molecule has 0 unspecified atom stereocenters. The van der Waals surface area contributed by atoms with Gasteiger partial charge >= 0.3 is 0 Å². The summed E-state index contributed by atoms with van der Waals surface area (Å²) in [6.45, 7) is 14.0. The summed E-state index contributed by atoms with van der Waals surface area (Å²) in [5, 5.41) is 7.51. The molecule has 15 aromatic carbocycles. The zero-order chi connectivity index (χ0) is 75.0. The lowest BCUT2D eigenvalue weighted by Gasteiger charge is -2.23. The summed E-state index contributed by atoms with van der Waals surface area (Å²) in [6.07, 6.45) is 0. The van der Waals surface area contributed by atoms with Gasteiger partial charge in [-0.3, -0.25) is 0 Å². The van der Waals surface area contributed by atoms with E-state index in [4.69, 9.17) is 29.9 Å². The maximum absolute atomic E-state index is 5.11. The largest absolute Gasteiger partial charge is 0.228 e. The number of hydrogen-bond donors (Lipinski definition) is 0. The Morgan fingerprint density at radius 1 is 0.171 bits per heavy atom. The summed E-state index contributed by atoms with van der Waals surface area (Å²) < 4.78 is 0. The van der Waals surface area contributed by atoms with Crippen LogP contribution in [0.1, 0.15) is 74.9 Å². The second kappa shape index (κ2) is 27.5. The first-order valence-corrected chi connectivity index (χ1v) is 38.3. The van der Waals surface area contributed by atoms with Crippen molar-refractivity contribution in [2.45, 2.75) is 57.8 Å². The first kappa shape index (κ1) is 67.9. The SMILES string of the molecule is CC1(C)c2ccccc2-c2ccc3c(-c4nc(-c5ccccc5)cc(-c5ccccc5)n4)cccc3c21.CC1(C)c2ccccc2-c2ccc3cc(-c4nc(-c5ccccc5)cc(-c5ccccc5)n4)ccc3c21.CC1(C)c2ccccc2-c2ccc3ccc(-c4cc(-c5ccccc5)nc(-c5ccccc5)n4)cc3c21. The predicted molar refractivity (Wildman–Crippen MR) is 460 cm³/mol. The van der Waals surface area contributed by atoms with Gasteiger partial charge in [0.2, 0.25) is 0 Å². The van der Waals surface area contributed by atoms with Crippen molar-refractivity contribution in [1.82, 2.24) is 29.9 Å². The van der Waals surface area contributed by atoms with E-state index in [0.29, 0.717) is 0 Å². The Morgan fingerprint density at radius 3 is 0.910 bits per heavy atom. The van der Waals surface area contributed by atoms with Gasteiger partial charge in [0.1, 0.15) is 0 Å². The highest BCUT2D eigenvalue weighted by Crippen LogP contribution is 2.55. The first-order valence-electron chi connectivity index (χ1n) is 38.3. The molecule has 0 saturated carbocycles. The van der Waals surface area contributed by atoms with Gasteiger partial charge in [0.25, 0.3) is 0 Å². The van der Waals surface area contributed by atoms with Crippen molar-refractivity contribution >= 4 is 32.3 Å². The zero-order valence-electron chi connectivity index (χ0n) is 62.8. The number of aromatic nitrogens is 6. The van der Waals surface area contributed by atoms with E-state index in [1.165, 1.54) is 99.1 Å². The van der Waals surface area contributed by atoms with E-state index < -0.39 is 0 Å². The number of rotatable bonds is 9. The Kier molecular flexibility index (Phi) is 16.8. The second-order valence-corrected chi connectivity index (χ2v) is 30.8. The van der Waals surface area contributed by atoms with Crippen LogP contribution in [-0.2, 0) is 16.2 Å². The normalized spacial score (nSPS) is 13.4. The average molecular weight is 1420 g/mol. The Labute approximate surface area is 648 Å². The molecular weight excluding hydrogens is 1350 g/mol. The van der Waals surface area contributed by atoms with Gasteiger partial charge in [-0.05, 0) is 129 Å². The number of hydrogen-bond acceptors (Lipinski definition) is 6. The van der Waals surface area contributed by atoms with Crippen LogP contribution in [-0.4, -0.2) is 29.9 Å². The molecule has 0 radical (unpaired) electrons. The highest BCUT2D eigenvalue weighted by molar-refractivity contribution is 6.05. The molecule has 3 heterocycles. The third-order valence-corrected chi connectivity index (χ3v) is 23.0. The Balaban J connectivity index is 0.000000112. The second-order valence-electron chi connectivity index (χ2n) is 30.8. The van der Waals surface area contributed by atoms with E-state index in [1.807, 2.05) is 48.5 Å². The van der Waals surface area contributed by atoms with Gasteiger partial charge in [-0.2, -0.15) is 0 Å². The topological polar surface area (TPSA) is 77.3 Å². The molecule has 0 fully saturated rings. The van der Waals surface area contributed by atoms with E-state index in [2.05, 4.69) is 357 Å². The zero-order valence-corrected chi connectivity index (χ0v) is 62.8. The van der Waals surface area contributed by atoms with Crippen molar-refractivity contribution in [1.29, 1.82) is 0 Å². The number of fused-ring (bicyclic) bond motifs is 15. The van der Waals surface area contributed by atoms with Crippen LogP contribution in [0.25, 0.3) is 167 Å². The summed E-state index contributed by atoms with van der Waals surface area (Å²) >= 11 is 0. The highest BCUT2D eigenvalue weighted by atomic mass is 14.9. The summed E-state index contributed by atoms with van der Waals surface area (Å²) in [5.74, 6) is 2.23. The molecule has 0 bridgehead atoms. The van der Waals surface area contributed by atoms with Crippen LogP contribution >= 0.6 is 0 Å². The van der Waals surface area contributed by atoms with Crippen molar-refractivity contribution in [2.75, 3.05) is 0 Å². The molecule has 111 heavy (non-hydrogen) atoms. The van der Waals surface area contributed by atoms with Gasteiger partial charge in [-0.15, -0.1) is 0 Å². The number of nitrogens with zero attached hydrogens (tertiary/aromatic N) is 6. The smallest absolute Gasteiger partial charge is 0.161 e. The lowest BCUT2D eigenvalue weighted by atomic mass is 9.80. The van der Waals surface area contributed by atoms with Crippen molar-refractivity contribution in [3.63, 3.8) is 0 Å². The highest BCUT2D eigenvalue weighted by Gasteiger charge is 2.40. The molecule has 528 valence electrons. The summed E-state index contributed by atoms with van der Waals surface area (Å²) in [5.41, 5.74) is 31.4. The molecule has 0 N–H and O–H groups in total. The minimum Gasteiger partial charge on any atom is -0.228 e. The minimum absolute atomic E-state index is 0.0445. The van der Waals surface area contributed by atoms with Crippen LogP contribution in [0, 0.1) is 0 Å². The molecule has 18 aromatic rings. The fraction of sp³-hybridized carbons (Fsp3) is 0.0857. The third-order valence-electron chi connectivity index (χ3n) is 23.0. The molecule has 3 aromatic heterocycles. The average Bonchev–Trinajstić information content (AvgIpc) is 1.57. The number of benzene rings is 15. The Hall–Kier alpha value is -13.7. The maximum Gasteiger partial charge on any atom is 0.161 e. The lowest BCUT2D eigenvalue weighted by Crippen LogP contribution is -2.15. The molecule has 6 nitrogen and oxygen atoms in total. The maximum atomic E-state index is 5.11. The van der Waals surface area contributed by atoms with E-state index in [0.717, 1.165) is 102 Å². The van der Waals surface area contributed by atoms with Crippen LogP contribution < -0.4 is 0 Å². The van der Waals surface area contributed by atoms with Gasteiger partial charge < -0.3 is 0 Å². The quantitative estimate of drug-likeness (QED) is 0.143. The van der Waals surface area contributed by atoms with E-state index in [-0.39, 0.29) is 16.2 Å². The minimum atomic E-state index is -0.0774. The Bertz CT molecular complexity index is 6390. The summed E-state index contributed by atoms with van der Waals surface area (Å²) in [4.78, 5) is 30.3. The van der Waals surface area contributed by atoms with E-state index in [1.54, 1.807) is 0 Å². The molecular formula is C105H78N6. The molecule has 0 amide bonds. The standard InChI is InChI=1S/3C35H26N2/c1-35(2)30-19-10-9-16-26(30)28-21-20-25-27(33(28)35)17-11-18-29(25)34-36-31(23-12-5-3-6-13-23)22-32(37-34)24-14-7-4-8-15-24;1-35(2)30-16-10-9-15-28(30)29-20-17-25-21-26(18-19-27(25)33(29)35)34-36-31(23-11-5-3-6-12-23)22-32(37-34)24-13-7-4-8-14-24;1-35(2)30-16-10-9-15-27(30)28-20-19-23-17-18-26(21-29(23)33(28)35)32-22-31(24-11-5-3-6-12-24)36-34(37-32)25-13-7-4-8-14-25/h3*3-22H,1-2H3. The van der Waals surface area contributed by atoms with Crippen LogP contribution in [0.15, 0.2) is 364 Å². The third kappa shape index (κ3) is 12.1. The monoisotopic (exact) mass is 1420 g/mol. The summed E-state index contributed by atoms with van der Waals surface area (Å²) in [7, 11) is 0. The molecule has 21 rings (SSSR count). The molecule has 3 aliphatic carbocycles. The molecule has 6 heteroatoms. The fourth-order valence-electron chi connectivity index (χ4n) is 17.6. The van der Waals surface area contributed by atoms with Gasteiger partial charge in [0, 0.05) is 66.3 Å². The van der Waals surface area contributed by atoms with Gasteiger partial charge in [-0.25, -0.2) is 29.9 Å².